The highest BCUT2D eigenvalue weighted by molar-refractivity contribution is 9.10. The molecular formula is C12H13BrFN3O3S. The monoisotopic (exact) mass is 377 g/mol. The van der Waals surface area contributed by atoms with Crippen LogP contribution in [0.1, 0.15) is 11.4 Å². The van der Waals surface area contributed by atoms with E-state index in [1.165, 1.54) is 0 Å². The number of sulfonamides is 1. The molecule has 0 unspecified atom stereocenters. The number of nitrogens with zero attached hydrogens (tertiary/aromatic N) is 2. The first-order valence-corrected chi connectivity index (χ1v) is 8.16. The van der Waals surface area contributed by atoms with Crippen LogP contribution in [0.25, 0.3) is 0 Å². The summed E-state index contributed by atoms with van der Waals surface area (Å²) in [6, 6.07) is 3.89. The summed E-state index contributed by atoms with van der Waals surface area (Å²) in [5.74, 6) is -0.782. The Bertz CT molecular complexity index is 789. The minimum absolute atomic E-state index is 0.171. The highest BCUT2D eigenvalue weighted by Crippen LogP contribution is 2.30. The van der Waals surface area contributed by atoms with Crippen molar-refractivity contribution in [3.63, 3.8) is 0 Å². The molecule has 6 nitrogen and oxygen atoms in total. The summed E-state index contributed by atoms with van der Waals surface area (Å²) in [6.45, 7) is 2.02. The van der Waals surface area contributed by atoms with Gasteiger partial charge in [0.05, 0.1) is 15.9 Å². The average molecular weight is 378 g/mol. The van der Waals surface area contributed by atoms with Crippen LogP contribution in [0.5, 0.6) is 5.75 Å². The molecule has 0 aliphatic heterocycles. The molecule has 21 heavy (non-hydrogen) atoms. The minimum Gasteiger partial charge on any atom is -0.486 e. The zero-order chi connectivity index (χ0) is 15.8. The standard InChI is InChI=1S/C12H13BrFN3O3S/c1-7-3-8(17(2)16-7)6-20-11-5-10(14)12(4-9(11)13)21(15,18)19/h3-5H,6H2,1-2H3,(H2,15,18,19). The predicted molar refractivity (Wildman–Crippen MR) is 77.8 cm³/mol. The van der Waals surface area contributed by atoms with Crippen molar-refractivity contribution in [3.8, 4) is 5.75 Å². The summed E-state index contributed by atoms with van der Waals surface area (Å²) in [4.78, 5) is -0.585. The molecule has 0 spiro atoms. The van der Waals surface area contributed by atoms with Crippen LogP contribution in [0.15, 0.2) is 27.6 Å². The van der Waals surface area contributed by atoms with Gasteiger partial charge in [-0.1, -0.05) is 0 Å². The van der Waals surface area contributed by atoms with Crippen LogP contribution in [0, 0.1) is 12.7 Å². The lowest BCUT2D eigenvalue weighted by molar-refractivity contribution is 0.291. The second-order valence-electron chi connectivity index (χ2n) is 4.45. The lowest BCUT2D eigenvalue weighted by Gasteiger charge is -2.10. The molecule has 0 saturated carbocycles. The van der Waals surface area contributed by atoms with Gasteiger partial charge in [-0.15, -0.1) is 0 Å². The molecule has 0 radical (unpaired) electrons. The fourth-order valence-corrected chi connectivity index (χ4v) is 3.01. The summed E-state index contributed by atoms with van der Waals surface area (Å²) >= 11 is 3.14. The number of aromatic nitrogens is 2. The molecule has 2 N–H and O–H groups in total. The number of rotatable bonds is 4. The van der Waals surface area contributed by atoms with Gasteiger partial charge in [-0.25, -0.2) is 17.9 Å². The molecule has 0 saturated heterocycles. The number of halogens is 2. The maximum atomic E-state index is 13.8. The average Bonchev–Trinajstić information content (AvgIpc) is 2.67. The van der Waals surface area contributed by atoms with E-state index in [0.29, 0.717) is 4.47 Å². The van der Waals surface area contributed by atoms with Crippen molar-refractivity contribution in [2.75, 3.05) is 0 Å². The number of primary sulfonamides is 1. The van der Waals surface area contributed by atoms with Crippen molar-refractivity contribution in [2.24, 2.45) is 12.2 Å². The van der Waals surface area contributed by atoms with Gasteiger partial charge in [-0.2, -0.15) is 5.10 Å². The first-order valence-electron chi connectivity index (χ1n) is 5.82. The van der Waals surface area contributed by atoms with Crippen molar-refractivity contribution < 1.29 is 17.5 Å². The second-order valence-corrected chi connectivity index (χ2v) is 6.83. The summed E-state index contributed by atoms with van der Waals surface area (Å²) in [6.07, 6.45) is 0. The fourth-order valence-electron chi connectivity index (χ4n) is 1.79. The summed E-state index contributed by atoms with van der Waals surface area (Å²) in [5.41, 5.74) is 1.64. The number of ether oxygens (including phenoxy) is 1. The fraction of sp³-hybridized carbons (Fsp3) is 0.250. The van der Waals surface area contributed by atoms with E-state index in [1.54, 1.807) is 11.7 Å². The molecule has 0 bridgehead atoms. The van der Waals surface area contributed by atoms with E-state index in [-0.39, 0.29) is 12.4 Å². The molecule has 0 amide bonds. The van der Waals surface area contributed by atoms with Crippen LogP contribution < -0.4 is 9.88 Å². The molecule has 2 aromatic rings. The van der Waals surface area contributed by atoms with Crippen molar-refractivity contribution in [1.29, 1.82) is 0 Å². The first-order chi connectivity index (χ1) is 9.68. The number of aryl methyl sites for hydroxylation is 2. The maximum Gasteiger partial charge on any atom is 0.241 e. The Hall–Kier alpha value is -1.45. The van der Waals surface area contributed by atoms with E-state index in [4.69, 9.17) is 9.88 Å². The van der Waals surface area contributed by atoms with Crippen LogP contribution in [0.4, 0.5) is 4.39 Å². The van der Waals surface area contributed by atoms with Gasteiger partial charge in [0.2, 0.25) is 10.0 Å². The Morgan fingerprint density at radius 1 is 1.43 bits per heavy atom. The van der Waals surface area contributed by atoms with Crippen LogP contribution >= 0.6 is 15.9 Å². The molecule has 0 aliphatic rings. The smallest absolute Gasteiger partial charge is 0.241 e. The Labute approximate surface area is 129 Å². The van der Waals surface area contributed by atoms with Crippen LogP contribution in [0.2, 0.25) is 0 Å². The van der Waals surface area contributed by atoms with Gasteiger partial charge in [-0.3, -0.25) is 4.68 Å². The largest absolute Gasteiger partial charge is 0.486 e. The summed E-state index contributed by atoms with van der Waals surface area (Å²) in [5, 5.41) is 9.09. The molecule has 1 heterocycles. The SMILES string of the molecule is Cc1cc(COc2cc(F)c(S(N)(=O)=O)cc2Br)n(C)n1. The van der Waals surface area contributed by atoms with Gasteiger partial charge >= 0.3 is 0 Å². The number of benzene rings is 1. The molecule has 1 aromatic heterocycles. The Morgan fingerprint density at radius 3 is 2.62 bits per heavy atom. The van der Waals surface area contributed by atoms with Crippen molar-refractivity contribution in [3.05, 3.63) is 39.9 Å². The molecule has 0 atom stereocenters. The molecule has 2 rings (SSSR count). The van der Waals surface area contributed by atoms with E-state index in [9.17, 15) is 12.8 Å². The third-order valence-electron chi connectivity index (χ3n) is 2.77. The predicted octanol–water partition coefficient (Wildman–Crippen LogP) is 1.86. The Balaban J connectivity index is 2.26. The van der Waals surface area contributed by atoms with Crippen LogP contribution in [0.3, 0.4) is 0 Å². The van der Waals surface area contributed by atoms with Crippen LogP contribution in [-0.4, -0.2) is 18.2 Å². The normalized spacial score (nSPS) is 11.7. The third kappa shape index (κ3) is 3.60. The molecule has 114 valence electrons. The third-order valence-corrected chi connectivity index (χ3v) is 4.31. The van der Waals surface area contributed by atoms with E-state index < -0.39 is 20.7 Å². The highest BCUT2D eigenvalue weighted by Gasteiger charge is 2.18. The van der Waals surface area contributed by atoms with E-state index >= 15 is 0 Å². The molecule has 0 aliphatic carbocycles. The zero-order valence-corrected chi connectivity index (χ0v) is 13.7. The summed E-state index contributed by atoms with van der Waals surface area (Å²) in [7, 11) is -2.35. The number of nitrogens with two attached hydrogens (primary N) is 1. The van der Waals surface area contributed by atoms with Gasteiger partial charge in [-0.05, 0) is 35.0 Å². The van der Waals surface area contributed by atoms with Crippen molar-refractivity contribution in [1.82, 2.24) is 9.78 Å². The van der Waals surface area contributed by atoms with E-state index in [2.05, 4.69) is 21.0 Å². The van der Waals surface area contributed by atoms with Gasteiger partial charge in [0.15, 0.2) is 0 Å². The highest BCUT2D eigenvalue weighted by atomic mass is 79.9. The maximum absolute atomic E-state index is 13.8. The first kappa shape index (κ1) is 15.9. The van der Waals surface area contributed by atoms with Crippen molar-refractivity contribution in [2.45, 2.75) is 18.4 Å². The van der Waals surface area contributed by atoms with E-state index in [0.717, 1.165) is 23.5 Å². The zero-order valence-electron chi connectivity index (χ0n) is 11.3. The molecule has 1 aromatic carbocycles. The van der Waals surface area contributed by atoms with E-state index in [1.807, 2.05) is 13.0 Å². The topological polar surface area (TPSA) is 87.2 Å². The lowest BCUT2D eigenvalue weighted by atomic mass is 10.3. The van der Waals surface area contributed by atoms with Crippen molar-refractivity contribution >= 4 is 26.0 Å². The van der Waals surface area contributed by atoms with Gasteiger partial charge < -0.3 is 4.74 Å². The lowest BCUT2D eigenvalue weighted by Crippen LogP contribution is -2.14. The molecule has 9 heteroatoms. The van der Waals surface area contributed by atoms with Gasteiger partial charge in [0, 0.05) is 13.1 Å². The quantitative estimate of drug-likeness (QED) is 0.880. The minimum atomic E-state index is -4.12. The van der Waals surface area contributed by atoms with Gasteiger partial charge in [0.25, 0.3) is 0 Å². The Kier molecular flexibility index (Phi) is 4.35. The summed E-state index contributed by atoms with van der Waals surface area (Å²) < 4.78 is 43.6. The van der Waals surface area contributed by atoms with Gasteiger partial charge in [0.1, 0.15) is 23.1 Å². The number of hydrogen-bond donors (Lipinski definition) is 1. The van der Waals surface area contributed by atoms with Crippen LogP contribution in [-0.2, 0) is 23.7 Å². The number of hydrogen-bond acceptors (Lipinski definition) is 4. The molecular weight excluding hydrogens is 365 g/mol. The molecule has 0 fully saturated rings. The Morgan fingerprint density at radius 2 is 2.10 bits per heavy atom. The second kappa shape index (κ2) is 5.74.